The fourth-order valence-electron chi connectivity index (χ4n) is 0.560. The van der Waals surface area contributed by atoms with E-state index in [2.05, 4.69) is 0 Å². The third kappa shape index (κ3) is 1.67. The summed E-state index contributed by atoms with van der Waals surface area (Å²) in [6, 6.07) is 1.23. The molecule has 0 saturated heterocycles. The van der Waals surface area contributed by atoms with Gasteiger partial charge < -0.3 is 5.11 Å². The third-order valence-electron chi connectivity index (χ3n) is 1.08. The Labute approximate surface area is 83.4 Å². The number of phenols is 1. The molecule has 5 heteroatoms. The Morgan fingerprint density at radius 2 is 1.45 bits per heavy atom. The van der Waals surface area contributed by atoms with Crippen LogP contribution < -0.4 is 0 Å². The van der Waals surface area contributed by atoms with Crippen molar-refractivity contribution in [3.63, 3.8) is 0 Å². The summed E-state index contributed by atoms with van der Waals surface area (Å²) < 4.78 is 0. The molecule has 1 rings (SSSR count). The van der Waals surface area contributed by atoms with Crippen molar-refractivity contribution in [1.29, 1.82) is 0 Å². The first-order valence-corrected chi connectivity index (χ1v) is 4.07. The van der Waals surface area contributed by atoms with Crippen LogP contribution in [0.1, 0.15) is 0 Å². The zero-order valence-corrected chi connectivity index (χ0v) is 8.06. The summed E-state index contributed by atoms with van der Waals surface area (Å²) in [6.07, 6.45) is 0. The van der Waals surface area contributed by atoms with Gasteiger partial charge in [0, 0.05) is 6.07 Å². The summed E-state index contributed by atoms with van der Waals surface area (Å²) in [5, 5.41) is 9.46. The van der Waals surface area contributed by atoms with Crippen LogP contribution in [0.25, 0.3) is 0 Å². The van der Waals surface area contributed by atoms with Crippen molar-refractivity contribution in [2.45, 2.75) is 0 Å². The number of rotatable bonds is 0. The van der Waals surface area contributed by atoms with Crippen LogP contribution in [0.5, 0.6) is 5.75 Å². The van der Waals surface area contributed by atoms with Crippen molar-refractivity contribution in [2.75, 3.05) is 0 Å². The molecular formula is C6H2Cl4O. The molecule has 0 atom stereocenters. The van der Waals surface area contributed by atoms with Gasteiger partial charge in [0.15, 0.2) is 0 Å². The molecule has 0 unspecified atom stereocenters. The number of hydrogen-bond donors (Lipinski definition) is 1. The Kier molecular flexibility index (Phi) is 2.76. The van der Waals surface area contributed by atoms with Crippen LogP contribution in [-0.4, -0.2) is 5.11 Å². The van der Waals surface area contributed by atoms with Gasteiger partial charge in [-0.05, 0) is 0 Å². The average Bonchev–Trinajstić information content (AvgIpc) is 1.97. The lowest BCUT2D eigenvalue weighted by Gasteiger charge is -2.02. The SMILES string of the molecule is O[13c]1[13cH][13c](Cl)[13c](Cl)[13c](Cl)[13c]1Cl. The molecule has 0 aliphatic rings. The minimum Gasteiger partial charge on any atom is -0.506 e. The minimum atomic E-state index is -0.175. The quantitative estimate of drug-likeness (QED) is 0.534. The number of benzene rings is 1. The summed E-state index contributed by atoms with van der Waals surface area (Å²) in [6.45, 7) is 0. The number of aromatic hydroxyl groups is 1. The van der Waals surface area contributed by atoms with E-state index in [0.717, 1.165) is 0 Å². The second-order valence-corrected chi connectivity index (χ2v) is 3.36. The lowest BCUT2D eigenvalue weighted by molar-refractivity contribution is 0.475. The largest absolute Gasteiger partial charge is 0.506 e. The second kappa shape index (κ2) is 3.28. The summed E-state index contributed by atoms with van der Waals surface area (Å²) in [5.41, 5.74) is 0. The van der Waals surface area contributed by atoms with Gasteiger partial charge in [0.1, 0.15) is 10.8 Å². The van der Waals surface area contributed by atoms with Gasteiger partial charge in [-0.1, -0.05) is 46.4 Å². The van der Waals surface area contributed by atoms with E-state index in [1.807, 2.05) is 0 Å². The molecule has 60 valence electrons. The van der Waals surface area contributed by atoms with Gasteiger partial charge in [0.2, 0.25) is 0 Å². The molecule has 1 N–H and O–H groups in total. The summed E-state index contributed by atoms with van der Waals surface area (Å²) >= 11 is 22.3. The van der Waals surface area contributed by atoms with E-state index >= 15 is 0 Å². The van der Waals surface area contributed by atoms with Crippen molar-refractivity contribution in [3.8, 4) is 5.75 Å². The topological polar surface area (TPSA) is 20.2 Å². The molecule has 0 aliphatic carbocycles. The smallest absolute Gasteiger partial charge is 0.137 e. The first-order chi connectivity index (χ1) is 5.04. The first kappa shape index (κ1) is 9.27. The van der Waals surface area contributed by atoms with Gasteiger partial charge in [-0.3, -0.25) is 0 Å². The van der Waals surface area contributed by atoms with Gasteiger partial charge in [0.05, 0.1) is 15.1 Å². The van der Waals surface area contributed by atoms with E-state index in [9.17, 15) is 0 Å². The number of phenolic OH excluding ortho intramolecular Hbond substituents is 1. The molecule has 0 amide bonds. The van der Waals surface area contributed by atoms with E-state index in [0.29, 0.717) is 0 Å². The lowest BCUT2D eigenvalue weighted by atomic mass is 11.3. The molecule has 11 heavy (non-hydrogen) atoms. The Balaban J connectivity index is 3.46. The summed E-state index contributed by atoms with van der Waals surface area (Å²) in [5.74, 6) is -0.175. The summed E-state index contributed by atoms with van der Waals surface area (Å²) in [7, 11) is 0. The zero-order valence-electron chi connectivity index (χ0n) is 5.04. The van der Waals surface area contributed by atoms with Crippen LogP contribution in [0.3, 0.4) is 0 Å². The van der Waals surface area contributed by atoms with Crippen LogP contribution >= 0.6 is 46.4 Å². The van der Waals surface area contributed by atoms with Crippen molar-refractivity contribution < 1.29 is 5.11 Å². The molecule has 0 heterocycles. The Hall–Kier alpha value is 0.180. The molecule has 1 aromatic carbocycles. The van der Waals surface area contributed by atoms with Crippen molar-refractivity contribution in [3.05, 3.63) is 26.2 Å². The maximum atomic E-state index is 9.05. The van der Waals surface area contributed by atoms with E-state index in [1.54, 1.807) is 0 Å². The molecule has 0 fully saturated rings. The third-order valence-corrected chi connectivity index (χ3v) is 2.82. The predicted molar refractivity (Wildman–Crippen MR) is 48.1 cm³/mol. The highest BCUT2D eigenvalue weighted by Crippen LogP contribution is 2.41. The fourth-order valence-corrected chi connectivity index (χ4v) is 1.35. The average molecular weight is 238 g/mol. The first-order valence-electron chi connectivity index (χ1n) is 2.56. The normalized spacial score (nSPS) is 10.2. The molecule has 0 saturated carbocycles. The van der Waals surface area contributed by atoms with Gasteiger partial charge in [-0.2, -0.15) is 0 Å². The molecule has 1 aromatic rings. The van der Waals surface area contributed by atoms with Crippen LogP contribution in [0.15, 0.2) is 6.07 Å². The van der Waals surface area contributed by atoms with Gasteiger partial charge >= 0.3 is 0 Å². The predicted octanol–water partition coefficient (Wildman–Crippen LogP) is 4.01. The minimum absolute atomic E-state index is 0.0149. The highest BCUT2D eigenvalue weighted by Gasteiger charge is 2.11. The Morgan fingerprint density at radius 1 is 0.909 bits per heavy atom. The zero-order chi connectivity index (χ0) is 8.59. The molecule has 0 aliphatic heterocycles. The number of halogens is 4. The molecular weight excluding hydrogens is 236 g/mol. The van der Waals surface area contributed by atoms with Crippen LogP contribution in [0.2, 0.25) is 20.1 Å². The van der Waals surface area contributed by atoms with Crippen molar-refractivity contribution in [1.82, 2.24) is 0 Å². The number of hydrogen-bond acceptors (Lipinski definition) is 1. The molecule has 0 radical (unpaired) electrons. The second-order valence-electron chi connectivity index (χ2n) is 1.82. The van der Waals surface area contributed by atoms with Crippen LogP contribution in [0.4, 0.5) is 0 Å². The van der Waals surface area contributed by atoms with E-state index in [4.69, 9.17) is 51.5 Å². The van der Waals surface area contributed by atoms with Crippen molar-refractivity contribution in [2.24, 2.45) is 0 Å². The Morgan fingerprint density at radius 3 is 2.00 bits per heavy atom. The molecule has 0 spiro atoms. The van der Waals surface area contributed by atoms with Crippen LogP contribution in [0, 0.1) is 0 Å². The maximum absolute atomic E-state index is 9.05. The van der Waals surface area contributed by atoms with E-state index in [-0.39, 0.29) is 25.8 Å². The van der Waals surface area contributed by atoms with Gasteiger partial charge in [-0.15, -0.1) is 0 Å². The fraction of sp³-hybridized carbons (Fsp3) is 0. The maximum Gasteiger partial charge on any atom is 0.137 e. The Bertz CT molecular complexity index is 271. The molecule has 0 bridgehead atoms. The van der Waals surface area contributed by atoms with Gasteiger partial charge in [0.25, 0.3) is 0 Å². The lowest BCUT2D eigenvalue weighted by Crippen LogP contribution is -1.75. The molecule has 1 nitrogen and oxygen atoms in total. The van der Waals surface area contributed by atoms with E-state index in [1.165, 1.54) is 6.07 Å². The standard InChI is InChI=1S/C6H2Cl4O/c7-2-1-3(11)5(9)6(10)4(2)8/h1,11H/i1+1,2+1,3+1,4+1,5+1,6+1. The highest BCUT2D eigenvalue weighted by molar-refractivity contribution is 6.52. The van der Waals surface area contributed by atoms with Crippen molar-refractivity contribution >= 4 is 46.4 Å². The van der Waals surface area contributed by atoms with Gasteiger partial charge in [-0.25, -0.2) is 0 Å². The highest BCUT2D eigenvalue weighted by atomic mass is 35.5. The molecule has 0 aromatic heterocycles. The monoisotopic (exact) mass is 236 g/mol. The van der Waals surface area contributed by atoms with Crippen LogP contribution in [-0.2, 0) is 0 Å². The van der Waals surface area contributed by atoms with E-state index < -0.39 is 0 Å². The summed E-state index contributed by atoms with van der Waals surface area (Å²) in [4.78, 5) is 0.